The monoisotopic (exact) mass is 476 g/mol. The molecule has 0 N–H and O–H groups in total. The van der Waals surface area contributed by atoms with Crippen LogP contribution in [-0.4, -0.2) is 5.97 Å². The molecular formula is C28H13F5O2. The van der Waals surface area contributed by atoms with Crippen LogP contribution < -0.4 is 4.74 Å². The first-order valence-electron chi connectivity index (χ1n) is 10.7. The smallest absolute Gasteiger partial charge is 0.315 e. The van der Waals surface area contributed by atoms with Gasteiger partial charge in [-0.1, -0.05) is 66.7 Å². The summed E-state index contributed by atoms with van der Waals surface area (Å²) >= 11 is 0. The molecule has 35 heavy (non-hydrogen) atoms. The van der Waals surface area contributed by atoms with Gasteiger partial charge in [0.2, 0.25) is 34.8 Å². The standard InChI is InChI=1S/C28H13F5O2/c29-23-24(30)26(32)28(27(33)25(23)31)35-20(34)12-14-10-11-19-17-8-2-5-13-4-1-7-16(21(13)17)18-9-3-6-15(14)22(18)19/h1-11H,12H2. The Kier molecular flexibility index (Phi) is 4.64. The van der Waals surface area contributed by atoms with Gasteiger partial charge in [-0.05, 0) is 48.7 Å². The summed E-state index contributed by atoms with van der Waals surface area (Å²) < 4.78 is 72.8. The fourth-order valence-electron chi connectivity index (χ4n) is 4.84. The fourth-order valence-corrected chi connectivity index (χ4v) is 4.84. The van der Waals surface area contributed by atoms with Crippen molar-refractivity contribution in [2.75, 3.05) is 0 Å². The Bertz CT molecular complexity index is 1750. The van der Waals surface area contributed by atoms with E-state index in [1.807, 2.05) is 60.7 Å². The number of hydrogen-bond acceptors (Lipinski definition) is 2. The minimum Gasteiger partial charge on any atom is -0.420 e. The van der Waals surface area contributed by atoms with Crippen LogP contribution in [-0.2, 0) is 11.2 Å². The summed E-state index contributed by atoms with van der Waals surface area (Å²) in [6.45, 7) is 0. The lowest BCUT2D eigenvalue weighted by molar-refractivity contribution is -0.134. The molecule has 6 aromatic rings. The first-order chi connectivity index (χ1) is 16.9. The average Bonchev–Trinajstić information content (AvgIpc) is 2.88. The quantitative estimate of drug-likeness (QED) is 0.0501. The molecule has 0 radical (unpaired) electrons. The molecule has 0 unspecified atom stereocenters. The van der Waals surface area contributed by atoms with Gasteiger partial charge in [-0.15, -0.1) is 0 Å². The van der Waals surface area contributed by atoms with Crippen molar-refractivity contribution in [2.24, 2.45) is 0 Å². The largest absolute Gasteiger partial charge is 0.420 e. The van der Waals surface area contributed by atoms with Crippen molar-refractivity contribution < 1.29 is 31.5 Å². The van der Waals surface area contributed by atoms with Crippen LogP contribution in [0.25, 0.3) is 43.1 Å². The predicted molar refractivity (Wildman–Crippen MR) is 123 cm³/mol. The first-order valence-corrected chi connectivity index (χ1v) is 10.7. The number of ether oxygens (including phenoxy) is 1. The molecule has 0 aliphatic heterocycles. The summed E-state index contributed by atoms with van der Waals surface area (Å²) in [6.07, 6.45) is -0.439. The molecule has 0 heterocycles. The van der Waals surface area contributed by atoms with Crippen LogP contribution in [0.1, 0.15) is 5.56 Å². The maximum absolute atomic E-state index is 14.0. The van der Waals surface area contributed by atoms with Gasteiger partial charge in [0, 0.05) is 0 Å². The van der Waals surface area contributed by atoms with Crippen molar-refractivity contribution in [3.8, 4) is 5.75 Å². The fraction of sp³-hybridized carbons (Fsp3) is 0.0357. The topological polar surface area (TPSA) is 26.3 Å². The van der Waals surface area contributed by atoms with Crippen molar-refractivity contribution in [2.45, 2.75) is 6.42 Å². The Hall–Kier alpha value is -4.26. The lowest BCUT2D eigenvalue weighted by Gasteiger charge is -2.16. The number of halogens is 5. The summed E-state index contributed by atoms with van der Waals surface area (Å²) in [5.41, 5.74) is 0.492. The van der Waals surface area contributed by atoms with E-state index in [0.717, 1.165) is 43.1 Å². The average molecular weight is 476 g/mol. The third-order valence-corrected chi connectivity index (χ3v) is 6.34. The van der Waals surface area contributed by atoms with Crippen LogP contribution in [0, 0.1) is 29.1 Å². The van der Waals surface area contributed by atoms with E-state index in [0.29, 0.717) is 5.56 Å². The summed E-state index contributed by atoms with van der Waals surface area (Å²) in [7, 11) is 0. The van der Waals surface area contributed by atoms with Gasteiger partial charge in [0.15, 0.2) is 0 Å². The maximum atomic E-state index is 14.0. The van der Waals surface area contributed by atoms with E-state index in [9.17, 15) is 26.7 Å². The van der Waals surface area contributed by atoms with Crippen LogP contribution in [0.15, 0.2) is 66.7 Å². The molecule has 0 fully saturated rings. The highest BCUT2D eigenvalue weighted by Crippen LogP contribution is 2.41. The molecule has 0 atom stereocenters. The maximum Gasteiger partial charge on any atom is 0.315 e. The van der Waals surface area contributed by atoms with Gasteiger partial charge >= 0.3 is 5.97 Å². The highest BCUT2D eigenvalue weighted by molar-refractivity contribution is 6.33. The lowest BCUT2D eigenvalue weighted by Crippen LogP contribution is -2.15. The van der Waals surface area contributed by atoms with E-state index >= 15 is 0 Å². The minimum atomic E-state index is -2.32. The van der Waals surface area contributed by atoms with Gasteiger partial charge in [0.25, 0.3) is 0 Å². The SMILES string of the molecule is O=C(Cc1ccc2c3cccc4cccc(c5cccc1c52)c43)Oc1c(F)c(F)c(F)c(F)c1F. The number of fused-ring (bicyclic) bond motifs is 2. The van der Waals surface area contributed by atoms with Gasteiger partial charge < -0.3 is 4.74 Å². The minimum absolute atomic E-state index is 0.439. The molecule has 0 aliphatic rings. The predicted octanol–water partition coefficient (Wildman–Crippen LogP) is 7.58. The van der Waals surface area contributed by atoms with E-state index in [1.54, 1.807) is 6.07 Å². The molecule has 7 heteroatoms. The van der Waals surface area contributed by atoms with Gasteiger partial charge in [0.1, 0.15) is 0 Å². The van der Waals surface area contributed by atoms with E-state index in [4.69, 9.17) is 0 Å². The number of rotatable bonds is 3. The van der Waals surface area contributed by atoms with Crippen molar-refractivity contribution in [1.29, 1.82) is 0 Å². The summed E-state index contributed by atoms with van der Waals surface area (Å²) in [6, 6.07) is 21.3. The third-order valence-electron chi connectivity index (χ3n) is 6.34. The Morgan fingerprint density at radius 1 is 0.571 bits per heavy atom. The number of carbonyl (C=O) groups excluding carboxylic acids is 1. The number of benzene rings is 6. The highest BCUT2D eigenvalue weighted by Gasteiger charge is 2.28. The zero-order valence-corrected chi connectivity index (χ0v) is 17.8. The molecule has 0 aromatic heterocycles. The van der Waals surface area contributed by atoms with Crippen LogP contribution in [0.2, 0.25) is 0 Å². The van der Waals surface area contributed by atoms with Crippen LogP contribution >= 0.6 is 0 Å². The van der Waals surface area contributed by atoms with Crippen LogP contribution in [0.5, 0.6) is 5.75 Å². The Morgan fingerprint density at radius 3 is 1.69 bits per heavy atom. The van der Waals surface area contributed by atoms with Gasteiger partial charge in [-0.3, -0.25) is 4.79 Å². The molecule has 0 saturated carbocycles. The zero-order valence-electron chi connectivity index (χ0n) is 17.8. The lowest BCUT2D eigenvalue weighted by atomic mass is 9.88. The highest BCUT2D eigenvalue weighted by atomic mass is 19.2. The molecule has 0 saturated heterocycles. The zero-order chi connectivity index (χ0) is 24.4. The van der Waals surface area contributed by atoms with Gasteiger partial charge in [-0.2, -0.15) is 8.78 Å². The van der Waals surface area contributed by atoms with Gasteiger partial charge in [0.05, 0.1) is 6.42 Å². The molecule has 6 aromatic carbocycles. The van der Waals surface area contributed by atoms with Gasteiger partial charge in [-0.25, -0.2) is 13.2 Å². The van der Waals surface area contributed by atoms with Crippen LogP contribution in [0.3, 0.4) is 0 Å². The molecule has 0 aliphatic carbocycles. The number of hydrogen-bond donors (Lipinski definition) is 0. The summed E-state index contributed by atoms with van der Waals surface area (Å²) in [4.78, 5) is 12.5. The van der Waals surface area contributed by atoms with Crippen molar-refractivity contribution in [3.63, 3.8) is 0 Å². The second-order valence-corrected chi connectivity index (χ2v) is 8.26. The molecule has 172 valence electrons. The van der Waals surface area contributed by atoms with Crippen molar-refractivity contribution >= 4 is 49.1 Å². The molecule has 2 nitrogen and oxygen atoms in total. The molecule has 0 spiro atoms. The van der Waals surface area contributed by atoms with E-state index < -0.39 is 47.2 Å². The number of carbonyl (C=O) groups is 1. The van der Waals surface area contributed by atoms with Crippen molar-refractivity contribution in [1.82, 2.24) is 0 Å². The van der Waals surface area contributed by atoms with Crippen molar-refractivity contribution in [3.05, 3.63) is 101 Å². The third kappa shape index (κ3) is 3.04. The van der Waals surface area contributed by atoms with E-state index in [-0.39, 0.29) is 0 Å². The van der Waals surface area contributed by atoms with E-state index in [1.165, 1.54) is 0 Å². The first kappa shape index (κ1) is 21.3. The molecule has 0 bridgehead atoms. The molecular weight excluding hydrogens is 463 g/mol. The second kappa shape index (κ2) is 7.63. The Labute approximate surface area is 194 Å². The normalized spacial score (nSPS) is 11.8. The second-order valence-electron chi connectivity index (χ2n) is 8.26. The summed E-state index contributed by atoms with van der Waals surface area (Å²) in [5.74, 6) is -13.9. The molecule has 6 rings (SSSR count). The molecule has 0 amide bonds. The van der Waals surface area contributed by atoms with E-state index in [2.05, 4.69) is 4.74 Å². The summed E-state index contributed by atoms with van der Waals surface area (Å²) in [5, 5.41) is 7.86. The Balaban J connectivity index is 1.48. The van der Waals surface area contributed by atoms with Crippen LogP contribution in [0.4, 0.5) is 22.0 Å². The Morgan fingerprint density at radius 2 is 1.06 bits per heavy atom. The number of esters is 1.